The van der Waals surface area contributed by atoms with Gasteiger partial charge in [0.1, 0.15) is 11.8 Å². The molecule has 1 aromatic carbocycles. The van der Waals surface area contributed by atoms with Gasteiger partial charge in [0, 0.05) is 24.5 Å². The largest absolute Gasteiger partial charge is 0.433 e. The summed E-state index contributed by atoms with van der Waals surface area (Å²) in [6.07, 6.45) is 3.29. The Morgan fingerprint density at radius 2 is 2.12 bits per heavy atom. The van der Waals surface area contributed by atoms with Gasteiger partial charge in [-0.05, 0) is 25.2 Å². The van der Waals surface area contributed by atoms with Gasteiger partial charge in [-0.1, -0.05) is 11.6 Å². The van der Waals surface area contributed by atoms with Crippen molar-refractivity contribution in [3.05, 3.63) is 41.2 Å². The van der Waals surface area contributed by atoms with Gasteiger partial charge < -0.3 is 15.4 Å². The molecule has 0 spiro atoms. The van der Waals surface area contributed by atoms with Crippen molar-refractivity contribution in [1.29, 1.82) is 0 Å². The van der Waals surface area contributed by atoms with Crippen LogP contribution in [0.5, 0.6) is 5.75 Å². The lowest BCUT2D eigenvalue weighted by atomic mass is 10.1. The molecule has 1 atom stereocenters. The summed E-state index contributed by atoms with van der Waals surface area (Å²) in [5.41, 5.74) is 1.06. The molecule has 1 heterocycles. The number of carbonyl (C=O) groups is 1. The highest BCUT2D eigenvalue weighted by molar-refractivity contribution is 6.32. The van der Waals surface area contributed by atoms with E-state index in [0.717, 1.165) is 0 Å². The quantitative estimate of drug-likeness (QED) is 0.808. The zero-order valence-corrected chi connectivity index (χ0v) is 14.4. The van der Waals surface area contributed by atoms with Crippen LogP contribution in [0.15, 0.2) is 30.6 Å². The van der Waals surface area contributed by atoms with Crippen molar-refractivity contribution < 1.29 is 18.3 Å². The van der Waals surface area contributed by atoms with Gasteiger partial charge in [0.15, 0.2) is 0 Å². The smallest absolute Gasteiger partial charge is 0.387 e. The first-order chi connectivity index (χ1) is 10.9. The highest BCUT2D eigenvalue weighted by atomic mass is 35.5. The topological polar surface area (TPSA) is 68.2 Å². The average Bonchev–Trinajstić information content (AvgIpc) is 2.88. The number of alkyl halides is 2. The summed E-state index contributed by atoms with van der Waals surface area (Å²) in [7, 11) is 3.39. The summed E-state index contributed by atoms with van der Waals surface area (Å²) in [6.45, 7) is -2.97. The van der Waals surface area contributed by atoms with Gasteiger partial charge in [0.25, 0.3) is 0 Å². The minimum Gasteiger partial charge on any atom is -0.433 e. The van der Waals surface area contributed by atoms with E-state index in [1.54, 1.807) is 31.2 Å². The third-order valence-electron chi connectivity index (χ3n) is 3.02. The predicted molar refractivity (Wildman–Crippen MR) is 89.0 cm³/mol. The Labute approximate surface area is 148 Å². The second-order valence-electron chi connectivity index (χ2n) is 4.68. The van der Waals surface area contributed by atoms with E-state index in [9.17, 15) is 13.6 Å². The van der Waals surface area contributed by atoms with E-state index in [4.69, 9.17) is 11.6 Å². The molecule has 0 radical (unpaired) electrons. The first kappa shape index (κ1) is 20.1. The number of hydrogen-bond acceptors (Lipinski definition) is 4. The standard InChI is InChI=1S/C14H15ClF2N4O2.ClH/c1-18-12(8-6-19-21(2)7-8)13(22)20-9-3-4-11(10(15)5-9)23-14(16)17;/h3-7,12,14,18H,1-2H3,(H,20,22);1H. The molecular weight excluding hydrogens is 365 g/mol. The summed E-state index contributed by atoms with van der Waals surface area (Å²) in [6, 6.07) is 3.42. The number of likely N-dealkylation sites (N-methyl/N-ethyl adjacent to an activating group) is 1. The number of hydrogen-bond donors (Lipinski definition) is 2. The molecule has 0 aliphatic heterocycles. The summed E-state index contributed by atoms with van der Waals surface area (Å²) < 4.78 is 30.2. The zero-order chi connectivity index (χ0) is 17.0. The van der Waals surface area contributed by atoms with E-state index < -0.39 is 12.7 Å². The number of carbonyl (C=O) groups excluding carboxylic acids is 1. The van der Waals surface area contributed by atoms with Crippen LogP contribution < -0.4 is 15.4 Å². The van der Waals surface area contributed by atoms with Gasteiger partial charge in [-0.15, -0.1) is 12.4 Å². The van der Waals surface area contributed by atoms with Crippen molar-refractivity contribution in [2.45, 2.75) is 12.7 Å². The van der Waals surface area contributed by atoms with Crippen LogP contribution in [0.2, 0.25) is 5.02 Å². The van der Waals surface area contributed by atoms with Gasteiger partial charge in [0.05, 0.1) is 11.2 Å². The summed E-state index contributed by atoms with van der Waals surface area (Å²) in [4.78, 5) is 12.3. The third kappa shape index (κ3) is 5.05. The van der Waals surface area contributed by atoms with Crippen molar-refractivity contribution in [3.8, 4) is 5.75 Å². The van der Waals surface area contributed by atoms with E-state index in [1.165, 1.54) is 18.2 Å². The number of nitrogens with zero attached hydrogens (tertiary/aromatic N) is 2. The first-order valence-corrected chi connectivity index (χ1v) is 6.99. The molecule has 0 bridgehead atoms. The Morgan fingerprint density at radius 1 is 1.42 bits per heavy atom. The number of anilines is 1. The number of amides is 1. The van der Waals surface area contributed by atoms with E-state index in [-0.39, 0.29) is 29.1 Å². The minimum atomic E-state index is -2.97. The fraction of sp³-hybridized carbons (Fsp3) is 0.286. The van der Waals surface area contributed by atoms with Crippen molar-refractivity contribution in [2.24, 2.45) is 7.05 Å². The summed E-state index contributed by atoms with van der Waals surface area (Å²) in [5, 5.41) is 9.53. The van der Waals surface area contributed by atoms with Crippen molar-refractivity contribution >= 4 is 35.6 Å². The van der Waals surface area contributed by atoms with E-state index >= 15 is 0 Å². The maximum absolute atomic E-state index is 12.3. The number of aryl methyl sites for hydroxylation is 1. The fourth-order valence-corrected chi connectivity index (χ4v) is 2.25. The predicted octanol–water partition coefficient (Wildman–Crippen LogP) is 3.00. The Kier molecular flexibility index (Phi) is 7.40. The lowest BCUT2D eigenvalue weighted by molar-refractivity contribution is -0.118. The molecule has 6 nitrogen and oxygen atoms in total. The van der Waals surface area contributed by atoms with Gasteiger partial charge in [0.2, 0.25) is 5.91 Å². The van der Waals surface area contributed by atoms with E-state index in [2.05, 4.69) is 20.5 Å². The number of rotatable bonds is 6. The van der Waals surface area contributed by atoms with E-state index in [0.29, 0.717) is 11.3 Å². The minimum absolute atomic E-state index is 0. The first-order valence-electron chi connectivity index (χ1n) is 6.61. The molecule has 2 rings (SSSR count). The highest BCUT2D eigenvalue weighted by Gasteiger charge is 2.20. The summed E-state index contributed by atoms with van der Waals surface area (Å²) >= 11 is 5.85. The zero-order valence-electron chi connectivity index (χ0n) is 12.8. The molecule has 0 saturated carbocycles. The molecule has 0 fully saturated rings. The van der Waals surface area contributed by atoms with Crippen molar-refractivity contribution in [2.75, 3.05) is 12.4 Å². The van der Waals surface area contributed by atoms with Crippen molar-refractivity contribution in [3.63, 3.8) is 0 Å². The Morgan fingerprint density at radius 3 is 2.62 bits per heavy atom. The van der Waals surface area contributed by atoms with Crippen LogP contribution in [0, 0.1) is 0 Å². The number of benzene rings is 1. The molecule has 2 N–H and O–H groups in total. The second kappa shape index (κ2) is 8.81. The molecule has 0 aliphatic carbocycles. The second-order valence-corrected chi connectivity index (χ2v) is 5.09. The molecule has 1 aromatic heterocycles. The van der Waals surface area contributed by atoms with Crippen LogP contribution in [-0.4, -0.2) is 29.3 Å². The SMILES string of the molecule is CNC(C(=O)Nc1ccc(OC(F)F)c(Cl)c1)c1cnn(C)c1.Cl. The van der Waals surface area contributed by atoms with Gasteiger partial charge in [-0.3, -0.25) is 9.48 Å². The Balaban J connectivity index is 0.00000288. The van der Waals surface area contributed by atoms with Gasteiger partial charge in [-0.2, -0.15) is 13.9 Å². The van der Waals surface area contributed by atoms with E-state index in [1.807, 2.05) is 0 Å². The third-order valence-corrected chi connectivity index (χ3v) is 3.32. The number of nitrogens with one attached hydrogen (secondary N) is 2. The molecule has 1 unspecified atom stereocenters. The lowest BCUT2D eigenvalue weighted by Crippen LogP contribution is -2.30. The molecule has 2 aromatic rings. The molecule has 24 heavy (non-hydrogen) atoms. The van der Waals surface area contributed by atoms with Crippen LogP contribution in [0.3, 0.4) is 0 Å². The van der Waals surface area contributed by atoms with Gasteiger partial charge >= 0.3 is 6.61 Å². The maximum atomic E-state index is 12.3. The number of ether oxygens (including phenoxy) is 1. The molecule has 0 aliphatic rings. The van der Waals surface area contributed by atoms with Crippen LogP contribution >= 0.6 is 24.0 Å². The van der Waals surface area contributed by atoms with Crippen LogP contribution in [0.1, 0.15) is 11.6 Å². The number of halogens is 4. The maximum Gasteiger partial charge on any atom is 0.387 e. The van der Waals surface area contributed by atoms with Gasteiger partial charge in [-0.25, -0.2) is 0 Å². The normalized spacial score (nSPS) is 11.8. The monoisotopic (exact) mass is 380 g/mol. The molecule has 1 amide bonds. The molecule has 10 heteroatoms. The van der Waals surface area contributed by atoms with Crippen LogP contribution in [-0.2, 0) is 11.8 Å². The molecular formula is C14H16Cl2F2N4O2. The molecule has 0 saturated heterocycles. The fourth-order valence-electron chi connectivity index (χ4n) is 2.02. The average molecular weight is 381 g/mol. The van der Waals surface area contributed by atoms with Crippen LogP contribution in [0.4, 0.5) is 14.5 Å². The van der Waals surface area contributed by atoms with Crippen LogP contribution in [0.25, 0.3) is 0 Å². The number of aromatic nitrogens is 2. The lowest BCUT2D eigenvalue weighted by Gasteiger charge is -2.15. The Hall–Kier alpha value is -1.90. The highest BCUT2D eigenvalue weighted by Crippen LogP contribution is 2.29. The summed E-state index contributed by atoms with van der Waals surface area (Å²) in [5.74, 6) is -0.490. The van der Waals surface area contributed by atoms with Crippen molar-refractivity contribution in [1.82, 2.24) is 15.1 Å². The Bertz CT molecular complexity index is 697. The molecule has 132 valence electrons.